The van der Waals surface area contributed by atoms with E-state index in [1.54, 1.807) is 89.2 Å². The maximum atomic E-state index is 12.9. The van der Waals surface area contributed by atoms with Crippen LogP contribution in [0.4, 0.5) is 11.4 Å². The molecule has 0 aliphatic rings. The van der Waals surface area contributed by atoms with Crippen molar-refractivity contribution in [3.05, 3.63) is 251 Å². The van der Waals surface area contributed by atoms with Gasteiger partial charge in [-0.15, -0.1) is 0 Å². The van der Waals surface area contributed by atoms with Gasteiger partial charge < -0.3 is 50.9 Å². The molecule has 0 spiro atoms. The molecule has 14 nitrogen and oxygen atoms in total. The summed E-state index contributed by atoms with van der Waals surface area (Å²) in [4.78, 5) is 22.5. The number of halogens is 12. The van der Waals surface area contributed by atoms with Crippen molar-refractivity contribution in [3.8, 4) is 51.7 Å². The average Bonchev–Trinajstić information content (AvgIpc) is 0.831. The van der Waals surface area contributed by atoms with Gasteiger partial charge in [0.1, 0.15) is 40.2 Å². The summed E-state index contributed by atoms with van der Waals surface area (Å²) in [6.45, 7) is 30.1. The fourth-order valence-corrected chi connectivity index (χ4v) is 13.5. The molecule has 26 heteroatoms. The number of amides is 1. The third-order valence-electron chi connectivity index (χ3n) is 15.9. The van der Waals surface area contributed by atoms with Crippen LogP contribution in [-0.4, -0.2) is 57.8 Å². The first-order valence-corrected chi connectivity index (χ1v) is 37.8. The van der Waals surface area contributed by atoms with Gasteiger partial charge in [-0.05, 0) is 265 Å². The van der Waals surface area contributed by atoms with Gasteiger partial charge in [0, 0.05) is 36.2 Å². The predicted molar refractivity (Wildman–Crippen MR) is 445 cm³/mol. The molecule has 1 unspecified atom stereocenters. The minimum Gasteiger partial charge on any atom is -0.508 e. The number of nitro groups is 1. The highest BCUT2D eigenvalue weighted by Crippen LogP contribution is 2.42. The van der Waals surface area contributed by atoms with Crippen molar-refractivity contribution >= 4 is 156 Å². The fourth-order valence-electron chi connectivity index (χ4n) is 9.52. The second-order valence-corrected chi connectivity index (χ2v) is 29.0. The number of aryl methyl sites for hydroxylation is 11. The van der Waals surface area contributed by atoms with Crippen LogP contribution in [0.15, 0.2) is 97.1 Å². The van der Waals surface area contributed by atoms with Gasteiger partial charge in [0.2, 0.25) is 0 Å². The molecular formula is C80H90Cl12N2O12. The van der Waals surface area contributed by atoms with Gasteiger partial charge in [-0.25, -0.2) is 0 Å². The number of rotatable bonds is 13. The maximum Gasteiger partial charge on any atom is 0.312 e. The Kier molecular flexibility index (Phi) is 41.6. The molecule has 0 saturated heterocycles. The van der Waals surface area contributed by atoms with Crippen LogP contribution in [0.2, 0.25) is 60.3 Å². The molecule has 0 aliphatic carbocycles. The number of nitro benzene ring substituents is 1. The summed E-state index contributed by atoms with van der Waals surface area (Å²) in [6.07, 6.45) is 5.39. The average molecular weight is 1700 g/mol. The fraction of sp³-hybridized carbons (Fsp3) is 0.312. The second-order valence-electron chi connectivity index (χ2n) is 24.2. The number of nitrogens with one attached hydrogen (secondary N) is 1. The molecule has 0 heterocycles. The topological polar surface area (TPSA) is 243 Å². The standard InChI is InChI=1S/C22H27Cl2NO3.2C9H10Cl2O.C9H11ClO.C8H8Cl2O.2C8H9ClO.C7H6ClNO3/c1-5-7-8-19(28-18-10-9-13(3)11-14(18)4)22(27)25-17-12-16(23)15(6-2)20(24)21(17)26;2*1-3-6-7(10)4-5(2)9(12)8(6)11;1-3-7-5-9(11)6(2)4-8(7)10;1-4-3-6(9)5(2)7(10)8(4)11;1-5-3-6(2)8(10)7(9)4-5;1-2-6-5-7(10)3-4-8(6)9;1-4-2-7(10)6(9(11)12)3-5(4)8/h9-12,19,26H,5-8H2,1-4H3,(H,25,27);2*4,12H,3H2,1-2H3;4-5,11H,3H2,1-2H3;3,11H,1-2H3;3-4,10H,1-2H3;3-5,10H,2H2,1H3;2-3,10H,1H3. The van der Waals surface area contributed by atoms with E-state index in [4.69, 9.17) is 154 Å². The van der Waals surface area contributed by atoms with E-state index in [1.165, 1.54) is 12.1 Å². The first kappa shape index (κ1) is 95.6. The minimum atomic E-state index is -0.691. The van der Waals surface area contributed by atoms with E-state index in [-0.39, 0.29) is 67.6 Å². The number of hydrogen-bond donors (Lipinski definition) is 9. The van der Waals surface area contributed by atoms with Crippen molar-refractivity contribution in [3.63, 3.8) is 0 Å². The predicted octanol–water partition coefficient (Wildman–Crippen LogP) is 27.4. The highest BCUT2D eigenvalue weighted by molar-refractivity contribution is 6.39. The SMILES string of the molecule is CCCCC(Oc1ccc(C)cc1C)C(=O)Nc1cc(Cl)c(CC)c(Cl)c1O.CCc1c(Cl)cc(C)c(O)c1Cl.CCc1c(Cl)cc(C)c(O)c1Cl.CCc1cc(O)c(C)cc1Cl.CCc1cc(O)ccc1Cl.Cc1cc(C)c(O)c(Cl)c1.Cc1cc(Cl)c(C)c(Cl)c1O.Cc1cc(O)c([N+](=O)[O-])cc1Cl. The number of carbonyl (C=O) groups is 1. The van der Waals surface area contributed by atoms with E-state index in [1.807, 2.05) is 93.5 Å². The molecule has 0 aromatic heterocycles. The quantitative estimate of drug-likeness (QED) is 0.0297. The first-order valence-electron chi connectivity index (χ1n) is 33.2. The number of anilines is 1. The highest BCUT2D eigenvalue weighted by atomic mass is 35.5. The van der Waals surface area contributed by atoms with Crippen molar-refractivity contribution < 1.29 is 55.3 Å². The summed E-state index contributed by atoms with van der Waals surface area (Å²) in [5.41, 5.74) is 12.3. The second kappa shape index (κ2) is 46.1. The lowest BCUT2D eigenvalue weighted by molar-refractivity contribution is -0.385. The van der Waals surface area contributed by atoms with E-state index in [2.05, 4.69) is 12.2 Å². The number of benzene rings is 9. The lowest BCUT2D eigenvalue weighted by Gasteiger charge is -2.21. The Morgan fingerprint density at radius 2 is 0.868 bits per heavy atom. The molecule has 1 amide bonds. The summed E-state index contributed by atoms with van der Waals surface area (Å²) in [6, 6.07) is 27.0. The molecule has 9 rings (SSSR count). The monoisotopic (exact) mass is 1690 g/mol. The molecule has 576 valence electrons. The van der Waals surface area contributed by atoms with Crippen LogP contribution in [0.25, 0.3) is 0 Å². The van der Waals surface area contributed by atoms with Gasteiger partial charge in [-0.1, -0.05) is 211 Å². The zero-order valence-electron chi connectivity index (χ0n) is 61.7. The van der Waals surface area contributed by atoms with Gasteiger partial charge in [0.25, 0.3) is 5.91 Å². The minimum absolute atomic E-state index is 0.119. The van der Waals surface area contributed by atoms with Crippen molar-refractivity contribution in [2.75, 3.05) is 5.32 Å². The van der Waals surface area contributed by atoms with E-state index in [0.29, 0.717) is 92.3 Å². The van der Waals surface area contributed by atoms with Gasteiger partial charge in [-0.3, -0.25) is 14.9 Å². The van der Waals surface area contributed by atoms with E-state index in [9.17, 15) is 45.5 Å². The summed E-state index contributed by atoms with van der Waals surface area (Å²) >= 11 is 70.5. The van der Waals surface area contributed by atoms with Crippen LogP contribution < -0.4 is 10.1 Å². The van der Waals surface area contributed by atoms with E-state index in [0.717, 1.165) is 110 Å². The molecule has 0 aliphatic heterocycles. The van der Waals surface area contributed by atoms with Gasteiger partial charge in [0.15, 0.2) is 17.6 Å². The molecule has 0 bridgehead atoms. The largest absolute Gasteiger partial charge is 0.508 e. The van der Waals surface area contributed by atoms with Gasteiger partial charge >= 0.3 is 5.69 Å². The maximum absolute atomic E-state index is 12.9. The number of nitrogens with zero attached hydrogens (tertiary/aromatic N) is 1. The van der Waals surface area contributed by atoms with Crippen molar-refractivity contribution in [1.29, 1.82) is 0 Å². The van der Waals surface area contributed by atoms with Crippen molar-refractivity contribution in [2.45, 2.75) is 168 Å². The molecule has 1 atom stereocenters. The number of aromatic hydroxyl groups is 8. The summed E-state index contributed by atoms with van der Waals surface area (Å²) < 4.78 is 6.02. The molecule has 9 aromatic carbocycles. The van der Waals surface area contributed by atoms with Crippen LogP contribution >= 0.6 is 139 Å². The highest BCUT2D eigenvalue weighted by Gasteiger charge is 2.25. The number of hydrogen-bond acceptors (Lipinski definition) is 12. The third-order valence-corrected chi connectivity index (χ3v) is 20.4. The molecule has 106 heavy (non-hydrogen) atoms. The molecule has 9 N–H and O–H groups in total. The number of carbonyl (C=O) groups excluding carboxylic acids is 1. The molecule has 0 fully saturated rings. The van der Waals surface area contributed by atoms with Crippen molar-refractivity contribution in [1.82, 2.24) is 0 Å². The number of phenols is 8. The van der Waals surface area contributed by atoms with Crippen molar-refractivity contribution in [2.24, 2.45) is 0 Å². The van der Waals surface area contributed by atoms with E-state index < -0.39 is 11.0 Å². The van der Waals surface area contributed by atoms with Gasteiger partial charge in [0.05, 0.1) is 40.7 Å². The summed E-state index contributed by atoms with van der Waals surface area (Å²) in [5.74, 6) is 0.965. The van der Waals surface area contributed by atoms with Crippen LogP contribution in [0.3, 0.4) is 0 Å². The molecule has 0 radical (unpaired) electrons. The Hall–Kier alpha value is -6.47. The Bertz CT molecular complexity index is 4380. The smallest absolute Gasteiger partial charge is 0.312 e. The normalized spacial score (nSPS) is 10.6. The lowest BCUT2D eigenvalue weighted by Crippen LogP contribution is -2.33. The molecule has 9 aromatic rings. The van der Waals surface area contributed by atoms with Crippen LogP contribution in [-0.2, 0) is 36.9 Å². The van der Waals surface area contributed by atoms with E-state index >= 15 is 0 Å². The Morgan fingerprint density at radius 1 is 0.415 bits per heavy atom. The third kappa shape index (κ3) is 28.8. The van der Waals surface area contributed by atoms with Crippen LogP contribution in [0, 0.1) is 79.4 Å². The number of unbranched alkanes of at least 4 members (excludes halogenated alkanes) is 1. The molecule has 0 saturated carbocycles. The van der Waals surface area contributed by atoms with Crippen LogP contribution in [0.1, 0.15) is 144 Å². The zero-order chi connectivity index (χ0) is 81.1. The van der Waals surface area contributed by atoms with Gasteiger partial charge in [-0.2, -0.15) is 0 Å². The number of ether oxygens (including phenoxy) is 1. The Labute approximate surface area is 682 Å². The molecular weight excluding hydrogens is 1610 g/mol. The van der Waals surface area contributed by atoms with Crippen LogP contribution in [0.5, 0.6) is 51.7 Å². The summed E-state index contributed by atoms with van der Waals surface area (Å²) in [5, 5.41) is 93.8. The summed E-state index contributed by atoms with van der Waals surface area (Å²) in [7, 11) is 0. The first-order chi connectivity index (χ1) is 49.5. The number of phenolic OH excluding ortho intramolecular Hbond substituents is 8. The Balaban J connectivity index is 0.000000426. The lowest BCUT2D eigenvalue weighted by atomic mass is 10.1. The Morgan fingerprint density at radius 3 is 1.33 bits per heavy atom. The zero-order valence-corrected chi connectivity index (χ0v) is 70.7.